The van der Waals surface area contributed by atoms with Crippen LogP contribution in [-0.2, 0) is 0 Å². The van der Waals surface area contributed by atoms with Crippen molar-refractivity contribution in [1.29, 1.82) is 5.26 Å². The van der Waals surface area contributed by atoms with Crippen molar-refractivity contribution in [3.8, 4) is 6.07 Å². The van der Waals surface area contributed by atoms with Gasteiger partial charge >= 0.3 is 0 Å². The molecule has 2 aromatic rings. The van der Waals surface area contributed by atoms with Gasteiger partial charge in [0.05, 0.1) is 6.07 Å². The average Bonchev–Trinajstić information content (AvgIpc) is 2.53. The van der Waals surface area contributed by atoms with Crippen LogP contribution in [0.15, 0.2) is 60.7 Å². The Balaban J connectivity index is 2.32. The predicted molar refractivity (Wildman–Crippen MR) is 83.5 cm³/mol. The molecule has 0 saturated heterocycles. The van der Waals surface area contributed by atoms with E-state index in [-0.39, 0.29) is 6.04 Å². The van der Waals surface area contributed by atoms with Crippen LogP contribution in [0.4, 0.5) is 5.69 Å². The Labute approximate surface area is 121 Å². The molecule has 0 aliphatic carbocycles. The van der Waals surface area contributed by atoms with Gasteiger partial charge in [-0.25, -0.2) is 0 Å². The summed E-state index contributed by atoms with van der Waals surface area (Å²) in [5.74, 6) is 0. The number of nitrogens with zero attached hydrogens (tertiary/aromatic N) is 2. The first-order chi connectivity index (χ1) is 9.86. The summed E-state index contributed by atoms with van der Waals surface area (Å²) >= 11 is 0. The fourth-order valence-corrected chi connectivity index (χ4v) is 2.31. The summed E-state index contributed by atoms with van der Waals surface area (Å²) < 4.78 is 0. The van der Waals surface area contributed by atoms with Crippen LogP contribution in [0.1, 0.15) is 31.4 Å². The Hall–Kier alpha value is -2.27. The van der Waals surface area contributed by atoms with Gasteiger partial charge in [-0.3, -0.25) is 0 Å². The van der Waals surface area contributed by atoms with Crippen molar-refractivity contribution in [1.82, 2.24) is 0 Å². The predicted octanol–water partition coefficient (Wildman–Crippen LogP) is 4.56. The molecule has 0 spiro atoms. The first-order valence-electron chi connectivity index (χ1n) is 7.13. The molecule has 0 aliphatic heterocycles. The van der Waals surface area contributed by atoms with Crippen LogP contribution in [0, 0.1) is 11.3 Å². The van der Waals surface area contributed by atoms with Gasteiger partial charge in [-0.2, -0.15) is 5.26 Å². The maximum absolute atomic E-state index is 9.62. The standard InChI is InChI=1S/C18H20N2/c1-2-3-14-20(17-12-8-5-9-13-17)18(15-19)16-10-6-4-7-11-16/h4-13,18H,2-3,14H2,1H3. The van der Waals surface area contributed by atoms with E-state index in [4.69, 9.17) is 0 Å². The Morgan fingerprint density at radius 2 is 1.60 bits per heavy atom. The summed E-state index contributed by atoms with van der Waals surface area (Å²) in [6, 6.07) is 22.4. The lowest BCUT2D eigenvalue weighted by molar-refractivity contribution is 0.678. The van der Waals surface area contributed by atoms with Gasteiger partial charge in [0.15, 0.2) is 0 Å². The highest BCUT2D eigenvalue weighted by Gasteiger charge is 2.19. The number of para-hydroxylation sites is 1. The van der Waals surface area contributed by atoms with Crippen LogP contribution >= 0.6 is 0 Å². The van der Waals surface area contributed by atoms with E-state index in [9.17, 15) is 5.26 Å². The van der Waals surface area contributed by atoms with Crippen molar-refractivity contribution in [3.05, 3.63) is 66.2 Å². The van der Waals surface area contributed by atoms with Gasteiger partial charge < -0.3 is 4.90 Å². The monoisotopic (exact) mass is 264 g/mol. The fraction of sp³-hybridized carbons (Fsp3) is 0.278. The smallest absolute Gasteiger partial charge is 0.142 e. The largest absolute Gasteiger partial charge is 0.352 e. The van der Waals surface area contributed by atoms with Crippen molar-refractivity contribution in [2.45, 2.75) is 25.8 Å². The summed E-state index contributed by atoms with van der Waals surface area (Å²) in [6.07, 6.45) is 2.20. The zero-order valence-corrected chi connectivity index (χ0v) is 11.9. The first-order valence-corrected chi connectivity index (χ1v) is 7.13. The molecule has 2 nitrogen and oxygen atoms in total. The molecule has 0 N–H and O–H groups in total. The number of nitriles is 1. The first kappa shape index (κ1) is 14.1. The minimum atomic E-state index is -0.231. The van der Waals surface area contributed by atoms with E-state index < -0.39 is 0 Å². The van der Waals surface area contributed by atoms with Crippen LogP contribution in [-0.4, -0.2) is 6.54 Å². The second-order valence-corrected chi connectivity index (χ2v) is 4.82. The lowest BCUT2D eigenvalue weighted by Gasteiger charge is -2.29. The molecule has 20 heavy (non-hydrogen) atoms. The van der Waals surface area contributed by atoms with Gasteiger partial charge in [0, 0.05) is 12.2 Å². The Bertz CT molecular complexity index is 543. The summed E-state index contributed by atoms with van der Waals surface area (Å²) in [5.41, 5.74) is 2.16. The highest BCUT2D eigenvalue weighted by Crippen LogP contribution is 2.26. The van der Waals surface area contributed by atoms with E-state index in [1.54, 1.807) is 0 Å². The van der Waals surface area contributed by atoms with Gasteiger partial charge in [0.1, 0.15) is 6.04 Å². The molecule has 0 amide bonds. The number of hydrogen-bond acceptors (Lipinski definition) is 2. The zero-order chi connectivity index (χ0) is 14.2. The van der Waals surface area contributed by atoms with Crippen LogP contribution in [0.5, 0.6) is 0 Å². The minimum Gasteiger partial charge on any atom is -0.352 e. The van der Waals surface area contributed by atoms with Crippen molar-refractivity contribution < 1.29 is 0 Å². The summed E-state index contributed by atoms with van der Waals surface area (Å²) in [6.45, 7) is 3.07. The summed E-state index contributed by atoms with van der Waals surface area (Å²) in [4.78, 5) is 2.19. The Morgan fingerprint density at radius 3 is 2.15 bits per heavy atom. The number of anilines is 1. The SMILES string of the molecule is CCCCN(c1ccccc1)C(C#N)c1ccccc1. The molecule has 0 aromatic heterocycles. The molecule has 2 heteroatoms. The average molecular weight is 264 g/mol. The topological polar surface area (TPSA) is 27.0 Å². The molecule has 0 heterocycles. The van der Waals surface area contributed by atoms with E-state index in [1.807, 2.05) is 48.5 Å². The molecule has 102 valence electrons. The molecule has 0 saturated carbocycles. The van der Waals surface area contributed by atoms with E-state index in [0.29, 0.717) is 0 Å². The van der Waals surface area contributed by atoms with Crippen molar-refractivity contribution in [3.63, 3.8) is 0 Å². The molecule has 0 radical (unpaired) electrons. The minimum absolute atomic E-state index is 0.231. The van der Waals surface area contributed by atoms with Crippen LogP contribution in [0.3, 0.4) is 0 Å². The quantitative estimate of drug-likeness (QED) is 0.765. The number of unbranched alkanes of at least 4 members (excludes halogenated alkanes) is 1. The zero-order valence-electron chi connectivity index (χ0n) is 11.9. The molecule has 0 bridgehead atoms. The highest BCUT2D eigenvalue weighted by atomic mass is 15.2. The van der Waals surface area contributed by atoms with Gasteiger partial charge in [0.25, 0.3) is 0 Å². The molecule has 1 unspecified atom stereocenters. The van der Waals surface area contributed by atoms with E-state index in [1.165, 1.54) is 0 Å². The number of hydrogen-bond donors (Lipinski definition) is 0. The molecule has 2 aromatic carbocycles. The molecule has 2 rings (SSSR count). The second kappa shape index (κ2) is 7.35. The fourth-order valence-electron chi connectivity index (χ4n) is 2.31. The number of rotatable bonds is 6. The van der Waals surface area contributed by atoms with Gasteiger partial charge in [-0.1, -0.05) is 61.9 Å². The number of benzene rings is 2. The van der Waals surface area contributed by atoms with E-state index in [0.717, 1.165) is 30.6 Å². The molecular weight excluding hydrogens is 244 g/mol. The third-order valence-electron chi connectivity index (χ3n) is 3.39. The maximum Gasteiger partial charge on any atom is 0.142 e. The third kappa shape index (κ3) is 3.39. The molecule has 0 aliphatic rings. The van der Waals surface area contributed by atoms with Gasteiger partial charge in [-0.05, 0) is 24.1 Å². The van der Waals surface area contributed by atoms with Gasteiger partial charge in [0.2, 0.25) is 0 Å². The lowest BCUT2D eigenvalue weighted by Crippen LogP contribution is -2.28. The van der Waals surface area contributed by atoms with Crippen LogP contribution in [0.25, 0.3) is 0 Å². The lowest BCUT2D eigenvalue weighted by atomic mass is 10.1. The normalized spacial score (nSPS) is 11.6. The van der Waals surface area contributed by atoms with Gasteiger partial charge in [-0.15, -0.1) is 0 Å². The second-order valence-electron chi connectivity index (χ2n) is 4.82. The van der Waals surface area contributed by atoms with Crippen LogP contribution < -0.4 is 4.90 Å². The highest BCUT2D eigenvalue weighted by molar-refractivity contribution is 5.50. The maximum atomic E-state index is 9.62. The van der Waals surface area contributed by atoms with E-state index >= 15 is 0 Å². The molecular formula is C18H20N2. The van der Waals surface area contributed by atoms with E-state index in [2.05, 4.69) is 30.0 Å². The van der Waals surface area contributed by atoms with Crippen molar-refractivity contribution in [2.24, 2.45) is 0 Å². The molecule has 1 atom stereocenters. The third-order valence-corrected chi connectivity index (χ3v) is 3.39. The Morgan fingerprint density at radius 1 is 1.00 bits per heavy atom. The Kier molecular flexibility index (Phi) is 5.20. The van der Waals surface area contributed by atoms with Crippen molar-refractivity contribution in [2.75, 3.05) is 11.4 Å². The van der Waals surface area contributed by atoms with Crippen molar-refractivity contribution >= 4 is 5.69 Å². The summed E-state index contributed by atoms with van der Waals surface area (Å²) in [7, 11) is 0. The van der Waals surface area contributed by atoms with Crippen LogP contribution in [0.2, 0.25) is 0 Å². The molecule has 0 fully saturated rings. The summed E-state index contributed by atoms with van der Waals surface area (Å²) in [5, 5.41) is 9.62.